The van der Waals surface area contributed by atoms with E-state index in [0.717, 1.165) is 20.9 Å². The van der Waals surface area contributed by atoms with Crippen molar-refractivity contribution in [1.82, 2.24) is 19.2 Å². The molecule has 27 heavy (non-hydrogen) atoms. The molecule has 0 spiro atoms. The van der Waals surface area contributed by atoms with Crippen molar-refractivity contribution >= 4 is 56.0 Å². The molecule has 4 aromatic rings. The molecule has 0 fully saturated rings. The fourth-order valence-electron chi connectivity index (χ4n) is 2.78. The third-order valence-corrected chi connectivity index (χ3v) is 5.81. The van der Waals surface area contributed by atoms with E-state index < -0.39 is 0 Å². The Balaban J connectivity index is 1.57. The number of hydrogen-bond donors (Lipinski definition) is 0. The van der Waals surface area contributed by atoms with Crippen LogP contribution in [0, 0.1) is 0 Å². The molecule has 0 saturated heterocycles. The number of thioether (sulfide) groups is 1. The van der Waals surface area contributed by atoms with Crippen LogP contribution in [0.4, 0.5) is 0 Å². The second kappa shape index (κ2) is 7.53. The first kappa shape index (κ1) is 18.3. The molecule has 0 aliphatic rings. The Morgan fingerprint density at radius 3 is 2.85 bits per heavy atom. The lowest BCUT2D eigenvalue weighted by Crippen LogP contribution is -2.20. The maximum atomic E-state index is 12.5. The van der Waals surface area contributed by atoms with Crippen molar-refractivity contribution in [3.8, 4) is 5.75 Å². The predicted octanol–water partition coefficient (Wildman–Crippen LogP) is 4.17. The SMILES string of the molecule is Cn1c(=O)c2ccccc2n2c(SCCOc3ccc(Cl)cc3Br)nnc12. The highest BCUT2D eigenvalue weighted by atomic mass is 79.9. The maximum absolute atomic E-state index is 12.5. The fraction of sp³-hybridized carbons (Fsp3) is 0.167. The normalized spacial score (nSPS) is 11.4. The Labute approximate surface area is 172 Å². The quantitative estimate of drug-likeness (QED) is 0.327. The molecule has 0 atom stereocenters. The highest BCUT2D eigenvalue weighted by molar-refractivity contribution is 9.10. The second-order valence-electron chi connectivity index (χ2n) is 5.77. The Kier molecular flexibility index (Phi) is 5.12. The highest BCUT2D eigenvalue weighted by Gasteiger charge is 2.14. The first-order valence-electron chi connectivity index (χ1n) is 8.10. The van der Waals surface area contributed by atoms with Gasteiger partial charge in [0.05, 0.1) is 22.0 Å². The summed E-state index contributed by atoms with van der Waals surface area (Å²) in [4.78, 5) is 12.5. The Bertz CT molecular complexity index is 1210. The first-order valence-corrected chi connectivity index (χ1v) is 10.3. The van der Waals surface area contributed by atoms with Gasteiger partial charge in [-0.1, -0.05) is 35.5 Å². The zero-order valence-corrected chi connectivity index (χ0v) is 17.4. The number of hydrogen-bond acceptors (Lipinski definition) is 5. The summed E-state index contributed by atoms with van der Waals surface area (Å²) in [7, 11) is 1.70. The molecule has 6 nitrogen and oxygen atoms in total. The van der Waals surface area contributed by atoms with Gasteiger partial charge in [0.1, 0.15) is 5.75 Å². The second-order valence-corrected chi connectivity index (χ2v) is 8.12. The maximum Gasteiger partial charge on any atom is 0.262 e. The van der Waals surface area contributed by atoms with Crippen LogP contribution >= 0.6 is 39.3 Å². The minimum atomic E-state index is -0.0852. The molecule has 0 aliphatic heterocycles. The molecular weight excluding hydrogens is 452 g/mol. The van der Waals surface area contributed by atoms with Crippen LogP contribution < -0.4 is 10.3 Å². The van der Waals surface area contributed by atoms with E-state index in [4.69, 9.17) is 16.3 Å². The summed E-state index contributed by atoms with van der Waals surface area (Å²) in [6.07, 6.45) is 0. The van der Waals surface area contributed by atoms with Gasteiger partial charge in [-0.05, 0) is 46.3 Å². The molecule has 0 amide bonds. The predicted molar refractivity (Wildman–Crippen MR) is 111 cm³/mol. The molecule has 0 radical (unpaired) electrons. The van der Waals surface area contributed by atoms with E-state index in [0.29, 0.717) is 28.5 Å². The molecule has 4 rings (SSSR count). The summed E-state index contributed by atoms with van der Waals surface area (Å²) < 4.78 is 10.0. The molecule has 2 aromatic carbocycles. The van der Waals surface area contributed by atoms with Crippen LogP contribution in [0.2, 0.25) is 5.02 Å². The average Bonchev–Trinajstić information content (AvgIpc) is 3.09. The summed E-state index contributed by atoms with van der Waals surface area (Å²) >= 11 is 10.9. The largest absolute Gasteiger partial charge is 0.492 e. The topological polar surface area (TPSA) is 61.4 Å². The summed E-state index contributed by atoms with van der Waals surface area (Å²) in [5.41, 5.74) is 0.711. The molecule has 0 bridgehead atoms. The number of rotatable bonds is 5. The van der Waals surface area contributed by atoms with Crippen LogP contribution in [0.5, 0.6) is 5.75 Å². The van der Waals surface area contributed by atoms with Crippen LogP contribution in [0.3, 0.4) is 0 Å². The van der Waals surface area contributed by atoms with E-state index in [2.05, 4.69) is 26.1 Å². The van der Waals surface area contributed by atoms with Crippen molar-refractivity contribution < 1.29 is 4.74 Å². The Hall–Kier alpha value is -2.03. The zero-order valence-electron chi connectivity index (χ0n) is 14.2. The summed E-state index contributed by atoms with van der Waals surface area (Å²) in [5.74, 6) is 1.93. The summed E-state index contributed by atoms with van der Waals surface area (Å²) in [6.45, 7) is 0.490. The molecule has 2 heterocycles. The Morgan fingerprint density at radius 1 is 1.22 bits per heavy atom. The van der Waals surface area contributed by atoms with Crippen LogP contribution in [0.25, 0.3) is 16.7 Å². The smallest absolute Gasteiger partial charge is 0.262 e. The van der Waals surface area contributed by atoms with Gasteiger partial charge >= 0.3 is 0 Å². The number of halogens is 2. The van der Waals surface area contributed by atoms with E-state index in [1.165, 1.54) is 16.3 Å². The lowest BCUT2D eigenvalue weighted by molar-refractivity contribution is 0.341. The number of fused-ring (bicyclic) bond motifs is 3. The summed E-state index contributed by atoms with van der Waals surface area (Å²) in [5, 5.41) is 10.4. The molecule has 0 unspecified atom stereocenters. The minimum Gasteiger partial charge on any atom is -0.492 e. The standard InChI is InChI=1S/C18H14BrClN4O2S/c1-23-16(25)12-4-2-3-5-14(12)24-17(23)21-22-18(24)27-9-8-26-15-7-6-11(20)10-13(15)19/h2-7,10H,8-9H2,1H3. The number of benzene rings is 2. The van der Waals surface area contributed by atoms with Crippen LogP contribution in [-0.4, -0.2) is 31.5 Å². The highest BCUT2D eigenvalue weighted by Crippen LogP contribution is 2.28. The first-order chi connectivity index (χ1) is 13.1. The van der Waals surface area contributed by atoms with Crippen LogP contribution in [-0.2, 0) is 7.05 Å². The number of aromatic nitrogens is 4. The van der Waals surface area contributed by atoms with Crippen molar-refractivity contribution in [2.45, 2.75) is 5.16 Å². The van der Waals surface area contributed by atoms with E-state index in [-0.39, 0.29) is 5.56 Å². The van der Waals surface area contributed by atoms with Gasteiger partial charge in [0, 0.05) is 17.8 Å². The third kappa shape index (κ3) is 3.44. The molecular formula is C18H14BrClN4O2S. The number of nitrogens with zero attached hydrogens (tertiary/aromatic N) is 4. The number of para-hydroxylation sites is 1. The van der Waals surface area contributed by atoms with Gasteiger partial charge in [-0.25, -0.2) is 0 Å². The van der Waals surface area contributed by atoms with Crippen molar-refractivity contribution in [3.63, 3.8) is 0 Å². The fourth-order valence-corrected chi connectivity index (χ4v) is 4.34. The third-order valence-electron chi connectivity index (χ3n) is 4.06. The molecule has 9 heteroatoms. The van der Waals surface area contributed by atoms with Gasteiger partial charge in [-0.15, -0.1) is 10.2 Å². The van der Waals surface area contributed by atoms with Crippen LogP contribution in [0.15, 0.2) is 56.9 Å². The van der Waals surface area contributed by atoms with Gasteiger partial charge in [0.25, 0.3) is 5.56 Å². The molecule has 0 N–H and O–H groups in total. The van der Waals surface area contributed by atoms with Gasteiger partial charge in [0.2, 0.25) is 5.78 Å². The van der Waals surface area contributed by atoms with Gasteiger partial charge in [0.15, 0.2) is 5.16 Å². The average molecular weight is 466 g/mol. The molecule has 0 saturated carbocycles. The summed E-state index contributed by atoms with van der Waals surface area (Å²) in [6, 6.07) is 12.9. The van der Waals surface area contributed by atoms with Gasteiger partial charge < -0.3 is 4.74 Å². The van der Waals surface area contributed by atoms with Crippen molar-refractivity contribution in [3.05, 3.63) is 62.3 Å². The number of ether oxygens (including phenoxy) is 1. The lowest BCUT2D eigenvalue weighted by Gasteiger charge is -2.09. The monoisotopic (exact) mass is 464 g/mol. The van der Waals surface area contributed by atoms with E-state index in [1.54, 1.807) is 19.2 Å². The van der Waals surface area contributed by atoms with Gasteiger partial charge in [-0.2, -0.15) is 0 Å². The van der Waals surface area contributed by atoms with Crippen LogP contribution in [0.1, 0.15) is 0 Å². The van der Waals surface area contributed by atoms with E-state index in [9.17, 15) is 4.79 Å². The minimum absolute atomic E-state index is 0.0852. The van der Waals surface area contributed by atoms with E-state index >= 15 is 0 Å². The zero-order chi connectivity index (χ0) is 19.0. The molecule has 138 valence electrons. The lowest BCUT2D eigenvalue weighted by atomic mass is 10.2. The molecule has 2 aromatic heterocycles. The van der Waals surface area contributed by atoms with Crippen molar-refractivity contribution in [2.24, 2.45) is 7.05 Å². The van der Waals surface area contributed by atoms with Crippen molar-refractivity contribution in [2.75, 3.05) is 12.4 Å². The van der Waals surface area contributed by atoms with E-state index in [1.807, 2.05) is 34.7 Å². The van der Waals surface area contributed by atoms with Crippen molar-refractivity contribution in [1.29, 1.82) is 0 Å². The van der Waals surface area contributed by atoms with Gasteiger partial charge in [-0.3, -0.25) is 13.8 Å². The molecule has 0 aliphatic carbocycles. The number of aryl methyl sites for hydroxylation is 1. The Morgan fingerprint density at radius 2 is 2.04 bits per heavy atom.